The Balaban J connectivity index is 1.65. The third-order valence-electron chi connectivity index (χ3n) is 5.93. The number of aryl methyl sites for hydroxylation is 2. The van der Waals surface area contributed by atoms with E-state index in [0.717, 1.165) is 17.5 Å². The Morgan fingerprint density at radius 3 is 2.36 bits per heavy atom. The molecule has 0 atom stereocenters. The number of nitriles is 1. The van der Waals surface area contributed by atoms with Gasteiger partial charge in [0, 0.05) is 11.6 Å². The Bertz CT molecular complexity index is 1860. The van der Waals surface area contributed by atoms with E-state index in [1.165, 1.54) is 22.2 Å². The van der Waals surface area contributed by atoms with Gasteiger partial charge in [0.1, 0.15) is 11.8 Å². The van der Waals surface area contributed by atoms with Crippen LogP contribution in [0.5, 0.6) is 11.5 Å². The summed E-state index contributed by atoms with van der Waals surface area (Å²) in [6.45, 7) is 3.88. The van der Waals surface area contributed by atoms with E-state index in [1.807, 2.05) is 13.8 Å². The monoisotopic (exact) mass is 627 g/mol. The third-order valence-corrected chi connectivity index (χ3v) is 8.18. The highest BCUT2D eigenvalue weighted by molar-refractivity contribution is 7.90. The molecule has 1 heterocycles. The lowest BCUT2D eigenvalue weighted by Crippen LogP contribution is -2.24. The maximum absolute atomic E-state index is 13.5. The number of hydrogen-bond donors (Lipinski definition) is 2. The van der Waals surface area contributed by atoms with Crippen molar-refractivity contribution in [3.63, 3.8) is 0 Å². The minimum Gasteiger partial charge on any atom is -0.454 e. The van der Waals surface area contributed by atoms with E-state index in [1.54, 1.807) is 48.7 Å². The van der Waals surface area contributed by atoms with E-state index in [4.69, 9.17) is 38.9 Å². The first-order valence-corrected chi connectivity index (χ1v) is 14.5. The standard InChI is InChI=1S/C28H23Cl2N5O6S/c1-3-4-17-15-35(42(38,39)20-8-5-16(2)6-9-20)25-10-7-19(13-21(17)25)40-26-22(29)11-18(12-23(26)30)33-34-24(14-31)27(36)41-28(32)37/h5-13,15,33H,3-4H2,1-2H3,(H2,32,37). The average Bonchev–Trinajstić information content (AvgIpc) is 3.29. The number of esters is 1. The first-order chi connectivity index (χ1) is 19.9. The van der Waals surface area contributed by atoms with E-state index in [9.17, 15) is 18.0 Å². The van der Waals surface area contributed by atoms with Gasteiger partial charge >= 0.3 is 12.1 Å². The lowest BCUT2D eigenvalue weighted by Gasteiger charge is -2.12. The lowest BCUT2D eigenvalue weighted by molar-refractivity contribution is -0.129. The number of rotatable bonds is 9. The third kappa shape index (κ3) is 6.49. The van der Waals surface area contributed by atoms with Gasteiger partial charge in [0.2, 0.25) is 5.71 Å². The van der Waals surface area contributed by atoms with Gasteiger partial charge in [-0.2, -0.15) is 10.4 Å². The molecular formula is C28H23Cl2N5O6S. The number of fused-ring (bicyclic) bond motifs is 1. The van der Waals surface area contributed by atoms with Crippen molar-refractivity contribution in [2.75, 3.05) is 5.43 Å². The zero-order valence-electron chi connectivity index (χ0n) is 22.2. The molecule has 1 aromatic heterocycles. The van der Waals surface area contributed by atoms with E-state index in [2.05, 4.69) is 15.3 Å². The average molecular weight is 628 g/mol. The van der Waals surface area contributed by atoms with Crippen LogP contribution in [0.15, 0.2) is 70.8 Å². The number of amides is 1. The number of primary amides is 1. The molecule has 4 rings (SSSR count). The fraction of sp³-hybridized carbons (Fsp3) is 0.143. The number of carbonyl (C=O) groups excluding carboxylic acids is 2. The van der Waals surface area contributed by atoms with Gasteiger partial charge in [-0.25, -0.2) is 22.0 Å². The zero-order valence-corrected chi connectivity index (χ0v) is 24.5. The van der Waals surface area contributed by atoms with Crippen molar-refractivity contribution in [3.05, 3.63) is 82.0 Å². The fourth-order valence-electron chi connectivity index (χ4n) is 4.02. The summed E-state index contributed by atoms with van der Waals surface area (Å²) in [6, 6.07) is 15.9. The minimum absolute atomic E-state index is 0.0619. The van der Waals surface area contributed by atoms with Crippen LogP contribution in [0.2, 0.25) is 10.0 Å². The molecule has 0 saturated carbocycles. The number of carbonyl (C=O) groups is 2. The predicted molar refractivity (Wildman–Crippen MR) is 159 cm³/mol. The van der Waals surface area contributed by atoms with Crippen LogP contribution in [-0.4, -0.2) is 30.2 Å². The molecule has 11 nitrogen and oxygen atoms in total. The van der Waals surface area contributed by atoms with Gasteiger partial charge in [0.15, 0.2) is 5.75 Å². The second kappa shape index (κ2) is 12.5. The van der Waals surface area contributed by atoms with Gasteiger partial charge in [-0.05, 0) is 61.4 Å². The second-order valence-electron chi connectivity index (χ2n) is 8.96. The number of ether oxygens (including phenoxy) is 2. The molecule has 0 aliphatic rings. The molecule has 4 aromatic rings. The quantitative estimate of drug-likeness (QED) is 0.0964. The number of benzene rings is 3. The first kappa shape index (κ1) is 30.4. The lowest BCUT2D eigenvalue weighted by atomic mass is 10.1. The molecule has 0 bridgehead atoms. The van der Waals surface area contributed by atoms with Crippen molar-refractivity contribution in [2.45, 2.75) is 31.6 Å². The first-order valence-electron chi connectivity index (χ1n) is 12.3. The highest BCUT2D eigenvalue weighted by Crippen LogP contribution is 2.40. The number of hydrogen-bond acceptors (Lipinski definition) is 9. The molecule has 0 unspecified atom stereocenters. The Morgan fingerprint density at radius 2 is 1.76 bits per heavy atom. The van der Waals surface area contributed by atoms with Gasteiger partial charge in [-0.1, -0.05) is 54.2 Å². The summed E-state index contributed by atoms with van der Waals surface area (Å²) in [4.78, 5) is 22.6. The number of hydrazone groups is 1. The van der Waals surface area contributed by atoms with Crippen LogP contribution in [0, 0.1) is 18.3 Å². The summed E-state index contributed by atoms with van der Waals surface area (Å²) in [5, 5.41) is 13.5. The van der Waals surface area contributed by atoms with Crippen molar-refractivity contribution in [2.24, 2.45) is 10.8 Å². The van der Waals surface area contributed by atoms with Crippen molar-refractivity contribution in [3.8, 4) is 17.6 Å². The molecule has 0 fully saturated rings. The van der Waals surface area contributed by atoms with Crippen LogP contribution < -0.4 is 15.9 Å². The molecule has 216 valence electrons. The van der Waals surface area contributed by atoms with Crippen LogP contribution >= 0.6 is 23.2 Å². The predicted octanol–water partition coefficient (Wildman–Crippen LogP) is 6.15. The Kier molecular flexibility index (Phi) is 9.06. The molecule has 0 aliphatic heterocycles. The Hall–Kier alpha value is -4.57. The molecule has 0 radical (unpaired) electrons. The smallest absolute Gasteiger partial charge is 0.412 e. The van der Waals surface area contributed by atoms with Crippen LogP contribution in [0.3, 0.4) is 0 Å². The topological polar surface area (TPSA) is 166 Å². The van der Waals surface area contributed by atoms with Gasteiger partial charge < -0.3 is 15.2 Å². The number of anilines is 1. The molecule has 0 aliphatic carbocycles. The van der Waals surface area contributed by atoms with Gasteiger partial charge in [-0.3, -0.25) is 5.43 Å². The zero-order chi connectivity index (χ0) is 30.6. The fourth-order valence-corrected chi connectivity index (χ4v) is 5.97. The molecule has 14 heteroatoms. The molecule has 1 amide bonds. The van der Waals surface area contributed by atoms with E-state index in [0.29, 0.717) is 23.1 Å². The van der Waals surface area contributed by atoms with Crippen LogP contribution in [0.25, 0.3) is 10.9 Å². The molecule has 0 saturated heterocycles. The number of nitrogens with zero attached hydrogens (tertiary/aromatic N) is 3. The van der Waals surface area contributed by atoms with E-state index < -0.39 is 27.8 Å². The maximum atomic E-state index is 13.5. The van der Waals surface area contributed by atoms with Crippen LogP contribution in [0.1, 0.15) is 24.5 Å². The summed E-state index contributed by atoms with van der Waals surface area (Å²) in [5.41, 5.74) is 8.89. The summed E-state index contributed by atoms with van der Waals surface area (Å²) >= 11 is 12.8. The van der Waals surface area contributed by atoms with Crippen LogP contribution in [-0.2, 0) is 26.0 Å². The van der Waals surface area contributed by atoms with E-state index in [-0.39, 0.29) is 26.4 Å². The largest absolute Gasteiger partial charge is 0.454 e. The Labute approximate surface area is 251 Å². The van der Waals surface area contributed by atoms with Gasteiger partial charge in [-0.15, -0.1) is 0 Å². The summed E-state index contributed by atoms with van der Waals surface area (Å²) in [7, 11) is -3.85. The SMILES string of the molecule is CCCc1cn(S(=O)(=O)c2ccc(C)cc2)c2ccc(Oc3c(Cl)cc(NN=C(C#N)C(=O)OC(N)=O)cc3Cl)cc12. The van der Waals surface area contributed by atoms with Crippen molar-refractivity contribution in [1.82, 2.24) is 3.97 Å². The van der Waals surface area contributed by atoms with E-state index >= 15 is 0 Å². The summed E-state index contributed by atoms with van der Waals surface area (Å²) < 4.78 is 38.4. The molecule has 0 spiro atoms. The molecular weight excluding hydrogens is 605 g/mol. The van der Waals surface area contributed by atoms with Crippen molar-refractivity contribution >= 4 is 67.6 Å². The molecule has 3 aromatic carbocycles. The normalized spacial score (nSPS) is 11.6. The van der Waals surface area contributed by atoms with Crippen molar-refractivity contribution < 1.29 is 27.5 Å². The van der Waals surface area contributed by atoms with Gasteiger partial charge in [0.25, 0.3) is 10.0 Å². The number of halogens is 2. The highest BCUT2D eigenvalue weighted by Gasteiger charge is 2.22. The number of nitrogens with two attached hydrogens (primary N) is 1. The number of aromatic nitrogens is 1. The van der Waals surface area contributed by atoms with Gasteiger partial charge in [0.05, 0.1) is 26.1 Å². The number of nitrogens with one attached hydrogen (secondary N) is 1. The molecule has 42 heavy (non-hydrogen) atoms. The van der Waals surface area contributed by atoms with Crippen LogP contribution in [0.4, 0.5) is 10.5 Å². The minimum atomic E-state index is -3.85. The summed E-state index contributed by atoms with van der Waals surface area (Å²) in [5.74, 6) is -0.883. The van der Waals surface area contributed by atoms with Crippen molar-refractivity contribution in [1.29, 1.82) is 5.26 Å². The molecule has 3 N–H and O–H groups in total. The highest BCUT2D eigenvalue weighted by atomic mass is 35.5. The summed E-state index contributed by atoms with van der Waals surface area (Å²) in [6.07, 6.45) is 1.66. The second-order valence-corrected chi connectivity index (χ2v) is 11.6. The maximum Gasteiger partial charge on any atom is 0.412 e. The Morgan fingerprint density at radius 1 is 1.10 bits per heavy atom.